The first kappa shape index (κ1) is 19.6. The Kier molecular flexibility index (Phi) is 4.90. The van der Waals surface area contributed by atoms with Crippen molar-refractivity contribution >= 4 is 28.8 Å². The predicted octanol–water partition coefficient (Wildman–Crippen LogP) is 4.69. The number of carbonyl (C=O) groups is 2. The van der Waals surface area contributed by atoms with Crippen LogP contribution in [-0.2, 0) is 9.59 Å². The van der Waals surface area contributed by atoms with Gasteiger partial charge in [0.1, 0.15) is 5.82 Å². The molecule has 0 saturated carbocycles. The normalized spacial score (nSPS) is 21.0. The molecule has 0 saturated heterocycles. The van der Waals surface area contributed by atoms with Crippen molar-refractivity contribution in [3.8, 4) is 0 Å². The van der Waals surface area contributed by atoms with Gasteiger partial charge in [0.15, 0.2) is 5.78 Å². The second-order valence-corrected chi connectivity index (χ2v) is 9.44. The van der Waals surface area contributed by atoms with E-state index in [2.05, 4.69) is 29.5 Å². The van der Waals surface area contributed by atoms with Gasteiger partial charge in [0, 0.05) is 41.1 Å². The van der Waals surface area contributed by atoms with Crippen molar-refractivity contribution in [3.63, 3.8) is 0 Å². The number of carbonyl (C=O) groups excluding carboxylic acids is 2. The third-order valence-corrected chi connectivity index (χ3v) is 6.22. The molecule has 5 nitrogen and oxygen atoms in total. The summed E-state index contributed by atoms with van der Waals surface area (Å²) in [5, 5.41) is 10.3. The van der Waals surface area contributed by atoms with Crippen LogP contribution in [0.25, 0.3) is 0 Å². The molecule has 0 radical (unpaired) electrons. The molecular weight excluding hydrogens is 382 g/mol. The summed E-state index contributed by atoms with van der Waals surface area (Å²) < 4.78 is 0. The van der Waals surface area contributed by atoms with Gasteiger partial charge in [-0.05, 0) is 65.8 Å². The van der Waals surface area contributed by atoms with Gasteiger partial charge in [-0.25, -0.2) is 4.98 Å². The average Bonchev–Trinajstić information content (AvgIpc) is 3.13. The smallest absolute Gasteiger partial charge is 0.255 e. The SMILES string of the molecule is CC1=C(C(=O)Nc2cc(C)ccn2)[C@H](c2ccsc2)C2=C(CC(C)(C)CC2=O)N1. The van der Waals surface area contributed by atoms with E-state index >= 15 is 0 Å². The molecule has 1 aliphatic heterocycles. The molecule has 6 heteroatoms. The van der Waals surface area contributed by atoms with Crippen molar-refractivity contribution in [2.45, 2.75) is 46.5 Å². The van der Waals surface area contributed by atoms with Crippen LogP contribution in [0, 0.1) is 12.3 Å². The minimum atomic E-state index is -0.356. The molecule has 1 aliphatic carbocycles. The molecule has 2 N–H and O–H groups in total. The number of hydrogen-bond acceptors (Lipinski definition) is 5. The maximum atomic E-state index is 13.3. The van der Waals surface area contributed by atoms with E-state index in [1.165, 1.54) is 0 Å². The Hall–Kier alpha value is -2.73. The molecule has 2 aromatic heterocycles. The van der Waals surface area contributed by atoms with E-state index in [1.54, 1.807) is 17.5 Å². The third kappa shape index (κ3) is 3.77. The molecule has 150 valence electrons. The van der Waals surface area contributed by atoms with Crippen LogP contribution in [0.4, 0.5) is 5.82 Å². The molecule has 0 aromatic carbocycles. The molecule has 0 fully saturated rings. The molecule has 3 heterocycles. The van der Waals surface area contributed by atoms with E-state index in [4.69, 9.17) is 0 Å². The first-order chi connectivity index (χ1) is 13.7. The number of ketones is 1. The standard InChI is InChI=1S/C23H25N3O2S/c1-13-5-7-24-18(9-13)26-22(28)19-14(2)25-16-10-23(3,4)11-17(27)21(16)20(19)15-6-8-29-12-15/h5-9,12,20,25H,10-11H2,1-4H3,(H,24,26,28)/t20-/m0/s1. The third-order valence-electron chi connectivity index (χ3n) is 5.52. The molecule has 29 heavy (non-hydrogen) atoms. The molecule has 2 aromatic rings. The fraction of sp³-hybridized carbons (Fsp3) is 0.348. The van der Waals surface area contributed by atoms with Gasteiger partial charge in [-0.1, -0.05) is 13.8 Å². The van der Waals surface area contributed by atoms with Gasteiger partial charge in [-0.15, -0.1) is 0 Å². The summed E-state index contributed by atoms with van der Waals surface area (Å²) >= 11 is 1.57. The van der Waals surface area contributed by atoms with E-state index in [-0.39, 0.29) is 23.0 Å². The lowest BCUT2D eigenvalue weighted by Gasteiger charge is -2.39. The van der Waals surface area contributed by atoms with Crippen molar-refractivity contribution in [1.82, 2.24) is 10.3 Å². The van der Waals surface area contributed by atoms with Crippen molar-refractivity contribution in [2.75, 3.05) is 5.32 Å². The topological polar surface area (TPSA) is 71.1 Å². The number of dihydropyridines is 1. The van der Waals surface area contributed by atoms with Crippen LogP contribution in [0.1, 0.15) is 50.7 Å². The summed E-state index contributed by atoms with van der Waals surface area (Å²) in [7, 11) is 0. The molecule has 0 unspecified atom stereocenters. The second kappa shape index (κ2) is 7.26. The zero-order valence-corrected chi connectivity index (χ0v) is 17.9. The van der Waals surface area contributed by atoms with Crippen LogP contribution in [-0.4, -0.2) is 16.7 Å². The highest BCUT2D eigenvalue weighted by atomic mass is 32.1. The Morgan fingerprint density at radius 1 is 1.28 bits per heavy atom. The minimum Gasteiger partial charge on any atom is -0.362 e. The second-order valence-electron chi connectivity index (χ2n) is 8.66. The molecule has 1 amide bonds. The van der Waals surface area contributed by atoms with Gasteiger partial charge in [0.25, 0.3) is 5.91 Å². The largest absolute Gasteiger partial charge is 0.362 e. The zero-order valence-electron chi connectivity index (χ0n) is 17.1. The maximum Gasteiger partial charge on any atom is 0.255 e. The van der Waals surface area contributed by atoms with Crippen LogP contribution in [0.15, 0.2) is 57.7 Å². The number of anilines is 1. The monoisotopic (exact) mass is 407 g/mol. The molecule has 2 aliphatic rings. The quantitative estimate of drug-likeness (QED) is 0.774. The number of rotatable bonds is 3. The number of thiophene rings is 1. The molecule has 0 bridgehead atoms. The number of amides is 1. The first-order valence-electron chi connectivity index (χ1n) is 9.75. The van der Waals surface area contributed by atoms with Crippen LogP contribution < -0.4 is 10.6 Å². The summed E-state index contributed by atoms with van der Waals surface area (Å²) in [5.41, 5.74) is 4.97. The van der Waals surface area contributed by atoms with Crippen molar-refractivity contribution in [1.29, 1.82) is 0 Å². The Labute approximate surface area is 174 Å². The van der Waals surface area contributed by atoms with Gasteiger partial charge < -0.3 is 10.6 Å². The fourth-order valence-corrected chi connectivity index (χ4v) is 4.98. The van der Waals surface area contributed by atoms with Crippen molar-refractivity contribution < 1.29 is 9.59 Å². The van der Waals surface area contributed by atoms with Gasteiger partial charge in [-0.2, -0.15) is 11.3 Å². The van der Waals surface area contributed by atoms with Crippen LogP contribution in [0.3, 0.4) is 0 Å². The number of pyridine rings is 1. The van der Waals surface area contributed by atoms with Gasteiger partial charge in [0.2, 0.25) is 0 Å². The van der Waals surface area contributed by atoms with E-state index in [0.717, 1.165) is 34.5 Å². The fourth-order valence-electron chi connectivity index (χ4n) is 4.30. The van der Waals surface area contributed by atoms with E-state index in [9.17, 15) is 9.59 Å². The molecule has 1 atom stereocenters. The minimum absolute atomic E-state index is 0.0896. The number of nitrogens with one attached hydrogen (secondary N) is 2. The average molecular weight is 408 g/mol. The number of hydrogen-bond donors (Lipinski definition) is 2. The van der Waals surface area contributed by atoms with E-state index in [0.29, 0.717) is 17.8 Å². The molecule has 0 spiro atoms. The van der Waals surface area contributed by atoms with Gasteiger partial charge in [-0.3, -0.25) is 9.59 Å². The van der Waals surface area contributed by atoms with Crippen LogP contribution in [0.2, 0.25) is 0 Å². The summed E-state index contributed by atoms with van der Waals surface area (Å²) in [5.74, 6) is 0.0427. The van der Waals surface area contributed by atoms with Gasteiger partial charge >= 0.3 is 0 Å². The van der Waals surface area contributed by atoms with Crippen molar-refractivity contribution in [2.24, 2.45) is 5.41 Å². The Morgan fingerprint density at radius 3 is 2.76 bits per heavy atom. The Morgan fingerprint density at radius 2 is 2.07 bits per heavy atom. The summed E-state index contributed by atoms with van der Waals surface area (Å²) in [6.45, 7) is 8.09. The lowest BCUT2D eigenvalue weighted by atomic mass is 9.69. The number of aromatic nitrogens is 1. The molecular formula is C23H25N3O2S. The number of Topliss-reactive ketones (excluding diaryl/α,β-unsaturated/α-hetero) is 1. The molecule has 4 rings (SSSR count). The van der Waals surface area contributed by atoms with Gasteiger partial charge in [0.05, 0.1) is 0 Å². The van der Waals surface area contributed by atoms with Crippen molar-refractivity contribution in [3.05, 3.63) is 68.8 Å². The van der Waals surface area contributed by atoms with E-state index < -0.39 is 0 Å². The number of allylic oxidation sites excluding steroid dienone is 3. The lowest BCUT2D eigenvalue weighted by Crippen LogP contribution is -2.39. The lowest BCUT2D eigenvalue weighted by molar-refractivity contribution is -0.118. The van der Waals surface area contributed by atoms with Crippen LogP contribution in [0.5, 0.6) is 0 Å². The highest BCUT2D eigenvalue weighted by Crippen LogP contribution is 2.47. The summed E-state index contributed by atoms with van der Waals surface area (Å²) in [6, 6.07) is 5.72. The Bertz CT molecular complexity index is 1050. The highest BCUT2D eigenvalue weighted by Gasteiger charge is 2.42. The highest BCUT2D eigenvalue weighted by molar-refractivity contribution is 7.08. The summed E-state index contributed by atoms with van der Waals surface area (Å²) in [4.78, 5) is 30.7. The van der Waals surface area contributed by atoms with Crippen LogP contribution >= 0.6 is 11.3 Å². The number of aryl methyl sites for hydroxylation is 1. The Balaban J connectivity index is 1.77. The zero-order chi connectivity index (χ0) is 20.8. The number of nitrogens with zero attached hydrogens (tertiary/aromatic N) is 1. The summed E-state index contributed by atoms with van der Waals surface area (Å²) in [6.07, 6.45) is 2.96. The predicted molar refractivity (Wildman–Crippen MR) is 116 cm³/mol. The maximum absolute atomic E-state index is 13.3. The van der Waals surface area contributed by atoms with E-state index in [1.807, 2.05) is 42.8 Å². The first-order valence-corrected chi connectivity index (χ1v) is 10.7.